The molecule has 156 valence electrons. The van der Waals surface area contributed by atoms with E-state index >= 15 is 0 Å². The number of hydrogen-bond donors (Lipinski definition) is 2. The molecule has 0 fully saturated rings. The van der Waals surface area contributed by atoms with Gasteiger partial charge in [-0.3, -0.25) is 23.9 Å². The maximum Gasteiger partial charge on any atom is 0.287 e. The van der Waals surface area contributed by atoms with E-state index in [4.69, 9.17) is 5.73 Å². The summed E-state index contributed by atoms with van der Waals surface area (Å²) in [6, 6.07) is 7.87. The molecular weight excluding hydrogens is 416 g/mol. The molecule has 0 aromatic carbocycles. The average molecular weight is 434 g/mol. The number of hydrogen-bond acceptors (Lipinski definition) is 7. The number of nitrogens with one attached hydrogen (secondary N) is 1. The Morgan fingerprint density at radius 3 is 2.68 bits per heavy atom. The first-order chi connectivity index (χ1) is 15.0. The smallest absolute Gasteiger partial charge is 0.287 e. The second-order valence-corrected chi connectivity index (χ2v) is 7.69. The first kappa shape index (κ1) is 20.4. The van der Waals surface area contributed by atoms with Gasteiger partial charge >= 0.3 is 0 Å². The molecule has 4 aromatic heterocycles. The SMILES string of the molecule is Cc1ncc(C(=O)NC(Cc2csc3cccnc23)C(=O)C(N)=O)n1-c1ccccn1. The minimum atomic E-state index is -1.14. The van der Waals surface area contributed by atoms with Crippen LogP contribution in [0.4, 0.5) is 0 Å². The van der Waals surface area contributed by atoms with Crippen LogP contribution in [0.15, 0.2) is 54.3 Å². The van der Waals surface area contributed by atoms with Gasteiger partial charge in [-0.05, 0) is 42.1 Å². The second kappa shape index (κ2) is 8.44. The van der Waals surface area contributed by atoms with E-state index in [0.717, 1.165) is 15.8 Å². The number of amides is 2. The van der Waals surface area contributed by atoms with Gasteiger partial charge in [-0.1, -0.05) is 6.07 Å². The summed E-state index contributed by atoms with van der Waals surface area (Å²) in [6.45, 7) is 1.74. The van der Waals surface area contributed by atoms with Crippen LogP contribution >= 0.6 is 11.3 Å². The van der Waals surface area contributed by atoms with E-state index < -0.39 is 23.6 Å². The molecule has 4 aromatic rings. The number of Topliss-reactive ketones (excluding diaryl/α,β-unsaturated/α-hetero) is 1. The Hall–Kier alpha value is -3.92. The molecule has 3 N–H and O–H groups in total. The van der Waals surface area contributed by atoms with Gasteiger partial charge in [0.05, 0.1) is 16.4 Å². The maximum atomic E-state index is 13.1. The zero-order valence-electron chi connectivity index (χ0n) is 16.5. The number of nitrogens with two attached hydrogens (primary N) is 1. The van der Waals surface area contributed by atoms with Crippen LogP contribution in [0.25, 0.3) is 16.0 Å². The number of thiophene rings is 1. The van der Waals surface area contributed by atoms with Crippen molar-refractivity contribution >= 4 is 39.2 Å². The summed E-state index contributed by atoms with van der Waals surface area (Å²) in [7, 11) is 0. The van der Waals surface area contributed by atoms with Gasteiger partial charge in [-0.15, -0.1) is 11.3 Å². The summed E-state index contributed by atoms with van der Waals surface area (Å²) in [4.78, 5) is 50.0. The topological polar surface area (TPSA) is 133 Å². The minimum absolute atomic E-state index is 0.0846. The molecule has 0 aliphatic rings. The van der Waals surface area contributed by atoms with Gasteiger partial charge in [-0.25, -0.2) is 9.97 Å². The highest BCUT2D eigenvalue weighted by molar-refractivity contribution is 7.17. The number of aromatic nitrogens is 4. The number of fused-ring (bicyclic) bond motifs is 1. The molecular formula is C21H18N6O3S. The Morgan fingerprint density at radius 1 is 1.13 bits per heavy atom. The Labute approximate surface area is 181 Å². The second-order valence-electron chi connectivity index (χ2n) is 6.78. The van der Waals surface area contributed by atoms with Crippen LogP contribution in [0.1, 0.15) is 21.9 Å². The summed E-state index contributed by atoms with van der Waals surface area (Å²) in [6.07, 6.45) is 4.73. The first-order valence-corrected chi connectivity index (χ1v) is 10.2. The molecule has 9 nitrogen and oxygen atoms in total. The van der Waals surface area contributed by atoms with Crippen LogP contribution in [0.5, 0.6) is 0 Å². The molecule has 0 aliphatic carbocycles. The minimum Gasteiger partial charge on any atom is -0.363 e. The standard InChI is InChI=1S/C21H18N6O3S/c1-12-25-10-15(27(12)17-6-2-3-7-23-17)21(30)26-14(19(28)20(22)29)9-13-11-31-16-5-4-8-24-18(13)16/h2-8,10-11,14H,9H2,1H3,(H2,22,29)(H,26,30). The fraction of sp³-hybridized carbons (Fsp3) is 0.143. The van der Waals surface area contributed by atoms with E-state index in [1.807, 2.05) is 17.5 Å². The van der Waals surface area contributed by atoms with E-state index in [1.54, 1.807) is 42.1 Å². The first-order valence-electron chi connectivity index (χ1n) is 9.37. The van der Waals surface area contributed by atoms with E-state index in [1.165, 1.54) is 17.5 Å². The van der Waals surface area contributed by atoms with Crippen molar-refractivity contribution < 1.29 is 14.4 Å². The number of primary amides is 1. The van der Waals surface area contributed by atoms with Crippen LogP contribution in [0.2, 0.25) is 0 Å². The Morgan fingerprint density at radius 2 is 1.94 bits per heavy atom. The monoisotopic (exact) mass is 434 g/mol. The van der Waals surface area contributed by atoms with Crippen molar-refractivity contribution in [3.8, 4) is 5.82 Å². The van der Waals surface area contributed by atoms with Crippen molar-refractivity contribution in [3.63, 3.8) is 0 Å². The van der Waals surface area contributed by atoms with Crippen LogP contribution in [-0.4, -0.2) is 43.2 Å². The lowest BCUT2D eigenvalue weighted by atomic mass is 10.0. The summed E-state index contributed by atoms with van der Waals surface area (Å²) < 4.78 is 2.51. The normalized spacial score (nSPS) is 11.9. The van der Waals surface area contributed by atoms with Gasteiger partial charge in [0.1, 0.15) is 23.4 Å². The number of nitrogens with zero attached hydrogens (tertiary/aromatic N) is 4. The van der Waals surface area contributed by atoms with Crippen LogP contribution < -0.4 is 11.1 Å². The predicted molar refractivity (Wildman–Crippen MR) is 115 cm³/mol. The van der Waals surface area contributed by atoms with Gasteiger partial charge in [-0.2, -0.15) is 0 Å². The van der Waals surface area contributed by atoms with E-state index in [-0.39, 0.29) is 12.1 Å². The highest BCUT2D eigenvalue weighted by Gasteiger charge is 2.28. The highest BCUT2D eigenvalue weighted by atomic mass is 32.1. The van der Waals surface area contributed by atoms with Gasteiger partial charge in [0, 0.05) is 18.8 Å². The third-order valence-electron chi connectivity index (χ3n) is 4.74. The lowest BCUT2D eigenvalue weighted by Crippen LogP contribution is -2.47. The molecule has 1 unspecified atom stereocenters. The van der Waals surface area contributed by atoms with E-state index in [2.05, 4.69) is 20.3 Å². The lowest BCUT2D eigenvalue weighted by molar-refractivity contribution is -0.137. The molecule has 0 saturated heterocycles. The zero-order valence-corrected chi connectivity index (χ0v) is 17.3. The molecule has 1 atom stereocenters. The largest absolute Gasteiger partial charge is 0.363 e. The van der Waals surface area contributed by atoms with Gasteiger partial charge in [0.2, 0.25) is 5.78 Å². The van der Waals surface area contributed by atoms with Gasteiger partial charge in [0.15, 0.2) is 0 Å². The third-order valence-corrected chi connectivity index (χ3v) is 5.73. The summed E-state index contributed by atoms with van der Waals surface area (Å²) in [5.74, 6) is -1.52. The van der Waals surface area contributed by atoms with Gasteiger partial charge in [0.25, 0.3) is 11.8 Å². The maximum absolute atomic E-state index is 13.1. The Kier molecular flexibility index (Phi) is 5.54. The number of carbonyl (C=O) groups is 3. The molecule has 31 heavy (non-hydrogen) atoms. The number of pyridine rings is 2. The lowest BCUT2D eigenvalue weighted by Gasteiger charge is -2.17. The van der Waals surface area contributed by atoms with Crippen LogP contribution in [0.3, 0.4) is 0 Å². The Bertz CT molecular complexity index is 1280. The third kappa shape index (κ3) is 4.05. The number of ketones is 1. The van der Waals surface area contributed by atoms with Gasteiger partial charge < -0.3 is 11.1 Å². The van der Waals surface area contributed by atoms with Crippen molar-refractivity contribution in [1.29, 1.82) is 0 Å². The van der Waals surface area contributed by atoms with E-state index in [0.29, 0.717) is 11.6 Å². The number of carbonyl (C=O) groups excluding carboxylic acids is 3. The molecule has 4 rings (SSSR count). The molecule has 0 saturated carbocycles. The van der Waals surface area contributed by atoms with Crippen molar-refractivity contribution in [2.75, 3.05) is 0 Å². The van der Waals surface area contributed by atoms with Crippen molar-refractivity contribution in [2.45, 2.75) is 19.4 Å². The summed E-state index contributed by atoms with van der Waals surface area (Å²) in [5.41, 5.74) is 6.89. The zero-order chi connectivity index (χ0) is 22.0. The Balaban J connectivity index is 1.65. The molecule has 4 heterocycles. The van der Waals surface area contributed by atoms with Crippen molar-refractivity contribution in [2.24, 2.45) is 5.73 Å². The van der Waals surface area contributed by atoms with Crippen LogP contribution in [-0.2, 0) is 16.0 Å². The highest BCUT2D eigenvalue weighted by Crippen LogP contribution is 2.25. The van der Waals surface area contributed by atoms with Crippen molar-refractivity contribution in [1.82, 2.24) is 24.8 Å². The summed E-state index contributed by atoms with van der Waals surface area (Å²) in [5, 5.41) is 4.49. The molecule has 10 heteroatoms. The number of aryl methyl sites for hydroxylation is 1. The molecule has 0 bridgehead atoms. The molecule has 0 radical (unpaired) electrons. The van der Waals surface area contributed by atoms with E-state index in [9.17, 15) is 14.4 Å². The fourth-order valence-electron chi connectivity index (χ4n) is 3.27. The van der Waals surface area contributed by atoms with Crippen LogP contribution in [0, 0.1) is 6.92 Å². The number of imidazole rings is 1. The van der Waals surface area contributed by atoms with Crippen molar-refractivity contribution in [3.05, 3.63) is 71.4 Å². The summed E-state index contributed by atoms with van der Waals surface area (Å²) >= 11 is 1.47. The molecule has 0 spiro atoms. The molecule has 2 amide bonds. The predicted octanol–water partition coefficient (Wildman–Crippen LogP) is 1.58. The average Bonchev–Trinajstić information content (AvgIpc) is 3.37. The molecule has 0 aliphatic heterocycles. The number of rotatable bonds is 7. The quantitative estimate of drug-likeness (QED) is 0.424. The fourth-order valence-corrected chi connectivity index (χ4v) is 4.20.